The van der Waals surface area contributed by atoms with Crippen molar-refractivity contribution in [2.45, 2.75) is 20.8 Å². The van der Waals surface area contributed by atoms with Gasteiger partial charge in [-0.1, -0.05) is 12.1 Å². The van der Waals surface area contributed by atoms with Gasteiger partial charge in [-0.15, -0.1) is 0 Å². The lowest BCUT2D eigenvalue weighted by atomic mass is 10.1. The fourth-order valence-electron chi connectivity index (χ4n) is 1.79. The van der Waals surface area contributed by atoms with Crippen LogP contribution in [0.5, 0.6) is 5.75 Å². The van der Waals surface area contributed by atoms with Gasteiger partial charge >= 0.3 is 0 Å². The molecule has 2 rings (SSSR count). The second-order valence-electron chi connectivity index (χ2n) is 4.17. The smallest absolute Gasteiger partial charge is 0.272 e. The lowest BCUT2D eigenvalue weighted by Crippen LogP contribution is -2.35. The average Bonchev–Trinajstić information content (AvgIpc) is 2.38. The van der Waals surface area contributed by atoms with Gasteiger partial charge in [-0.3, -0.25) is 9.59 Å². The lowest BCUT2D eigenvalue weighted by Gasteiger charge is -2.15. The molecule has 0 aliphatic heterocycles. The molecule has 0 atom stereocenters. The maximum Gasteiger partial charge on any atom is 0.272 e. The summed E-state index contributed by atoms with van der Waals surface area (Å²) in [5, 5.41) is 2.99. The molecule has 0 unspecified atom stereocenters. The molecule has 0 spiro atoms. The molecule has 0 fully saturated rings. The molecule has 0 heterocycles. The van der Waals surface area contributed by atoms with Gasteiger partial charge in [0.15, 0.2) is 5.75 Å². The summed E-state index contributed by atoms with van der Waals surface area (Å²) >= 11 is 0. The van der Waals surface area contributed by atoms with Crippen LogP contribution in [-0.4, -0.2) is 6.61 Å². The van der Waals surface area contributed by atoms with Crippen molar-refractivity contribution in [3.8, 4) is 5.75 Å². The summed E-state index contributed by atoms with van der Waals surface area (Å²) in [4.78, 5) is 22.8. The highest BCUT2D eigenvalue weighted by Gasteiger charge is 2.22. The number of anilines is 2. The first-order valence-electron chi connectivity index (χ1n) is 5.85. The van der Waals surface area contributed by atoms with E-state index in [4.69, 9.17) is 4.74 Å². The van der Waals surface area contributed by atoms with Gasteiger partial charge in [-0.2, -0.15) is 0 Å². The molecule has 18 heavy (non-hydrogen) atoms. The third-order valence-electron chi connectivity index (χ3n) is 3.02. The van der Waals surface area contributed by atoms with Crippen LogP contribution in [0.3, 0.4) is 0 Å². The highest BCUT2D eigenvalue weighted by atomic mass is 16.5. The zero-order valence-corrected chi connectivity index (χ0v) is 10.7. The minimum absolute atomic E-state index is 0.142. The maximum absolute atomic E-state index is 11.5. The number of hydrogen-bond donors (Lipinski definition) is 1. The molecule has 0 radical (unpaired) electrons. The minimum Gasteiger partial charge on any atom is -0.488 e. The first-order chi connectivity index (χ1) is 8.56. The molecule has 0 bridgehead atoms. The first kappa shape index (κ1) is 12.4. The Balaban J connectivity index is 2.35. The van der Waals surface area contributed by atoms with Crippen molar-refractivity contribution in [3.63, 3.8) is 0 Å². The van der Waals surface area contributed by atoms with Gasteiger partial charge in [0.05, 0.1) is 6.61 Å². The molecule has 1 N–H and O–H groups in total. The molecule has 0 amide bonds. The number of benzene rings is 1. The summed E-state index contributed by atoms with van der Waals surface area (Å²) in [6, 6.07) is 5.76. The highest BCUT2D eigenvalue weighted by molar-refractivity contribution is 5.72. The van der Waals surface area contributed by atoms with Crippen LogP contribution in [0.2, 0.25) is 0 Å². The fraction of sp³-hybridized carbons (Fsp3) is 0.286. The molecule has 2 aromatic rings. The van der Waals surface area contributed by atoms with Crippen molar-refractivity contribution in [2.24, 2.45) is 0 Å². The molecule has 0 aromatic heterocycles. The van der Waals surface area contributed by atoms with Crippen LogP contribution in [0.15, 0.2) is 27.8 Å². The Bertz CT molecular complexity index is 651. The molecule has 4 heteroatoms. The first-order valence-corrected chi connectivity index (χ1v) is 5.85. The second-order valence-corrected chi connectivity index (χ2v) is 4.17. The topological polar surface area (TPSA) is 55.4 Å². The SMILES string of the molecule is CCOc1c(Nc2cccc(C)c2C)c(=O)c1=O. The quantitative estimate of drug-likeness (QED) is 0.837. The Morgan fingerprint density at radius 2 is 1.89 bits per heavy atom. The summed E-state index contributed by atoms with van der Waals surface area (Å²) in [5.74, 6) is 0.142. The average molecular weight is 245 g/mol. The van der Waals surface area contributed by atoms with Crippen molar-refractivity contribution >= 4 is 11.4 Å². The molecular weight excluding hydrogens is 230 g/mol. The summed E-state index contributed by atoms with van der Waals surface area (Å²) in [5.41, 5.74) is 2.19. The van der Waals surface area contributed by atoms with Gasteiger partial charge < -0.3 is 10.1 Å². The van der Waals surface area contributed by atoms with Crippen molar-refractivity contribution in [1.29, 1.82) is 0 Å². The van der Waals surface area contributed by atoms with Crippen molar-refractivity contribution in [2.75, 3.05) is 11.9 Å². The predicted octanol–water partition coefficient (Wildman–Crippen LogP) is 2.04. The van der Waals surface area contributed by atoms with Crippen LogP contribution in [0.4, 0.5) is 11.4 Å². The van der Waals surface area contributed by atoms with Crippen LogP contribution >= 0.6 is 0 Å². The molecule has 0 aliphatic carbocycles. The zero-order chi connectivity index (χ0) is 13.3. The fourth-order valence-corrected chi connectivity index (χ4v) is 1.79. The van der Waals surface area contributed by atoms with Crippen LogP contribution in [0, 0.1) is 13.8 Å². The van der Waals surface area contributed by atoms with Gasteiger partial charge in [0.2, 0.25) is 0 Å². The monoisotopic (exact) mass is 245 g/mol. The van der Waals surface area contributed by atoms with Crippen LogP contribution in [-0.2, 0) is 0 Å². The number of hydrogen-bond acceptors (Lipinski definition) is 4. The van der Waals surface area contributed by atoms with E-state index in [9.17, 15) is 9.59 Å². The standard InChI is InChI=1S/C14H15NO3/c1-4-18-14-11(12(16)13(14)17)15-10-7-5-6-8(2)9(10)3/h5-7,15H,4H2,1-3H3. The van der Waals surface area contributed by atoms with Crippen molar-refractivity contribution in [3.05, 3.63) is 49.8 Å². The molecule has 0 saturated heterocycles. The van der Waals surface area contributed by atoms with E-state index in [0.29, 0.717) is 6.61 Å². The Morgan fingerprint density at radius 1 is 1.17 bits per heavy atom. The van der Waals surface area contributed by atoms with Crippen molar-refractivity contribution in [1.82, 2.24) is 0 Å². The predicted molar refractivity (Wildman–Crippen MR) is 71.7 cm³/mol. The summed E-state index contributed by atoms with van der Waals surface area (Å²) in [7, 11) is 0. The van der Waals surface area contributed by atoms with Crippen LogP contribution in [0.25, 0.3) is 0 Å². The van der Waals surface area contributed by atoms with Gasteiger partial charge in [0.25, 0.3) is 10.9 Å². The van der Waals surface area contributed by atoms with Gasteiger partial charge in [-0.25, -0.2) is 0 Å². The molecule has 0 aliphatic rings. The van der Waals surface area contributed by atoms with Crippen molar-refractivity contribution < 1.29 is 4.74 Å². The minimum atomic E-state index is -0.551. The van der Waals surface area contributed by atoms with Gasteiger partial charge in [0, 0.05) is 5.69 Å². The Hall–Kier alpha value is -2.10. The zero-order valence-electron chi connectivity index (χ0n) is 10.7. The second kappa shape index (κ2) is 4.64. The third-order valence-corrected chi connectivity index (χ3v) is 3.02. The van der Waals surface area contributed by atoms with Crippen LogP contribution < -0.4 is 20.9 Å². The van der Waals surface area contributed by atoms with Crippen LogP contribution in [0.1, 0.15) is 18.1 Å². The molecular formula is C14H15NO3. The van der Waals surface area contributed by atoms with Gasteiger partial charge in [0.1, 0.15) is 5.69 Å². The van der Waals surface area contributed by atoms with E-state index in [1.165, 1.54) is 0 Å². The summed E-state index contributed by atoms with van der Waals surface area (Å²) in [6.45, 7) is 6.10. The van der Waals surface area contributed by atoms with E-state index in [1.807, 2.05) is 32.0 Å². The Kier molecular flexibility index (Phi) is 3.19. The van der Waals surface area contributed by atoms with E-state index >= 15 is 0 Å². The lowest BCUT2D eigenvalue weighted by molar-refractivity contribution is 0.335. The van der Waals surface area contributed by atoms with Gasteiger partial charge in [-0.05, 0) is 38.0 Å². The molecule has 0 saturated carbocycles. The molecule has 94 valence electrons. The Labute approximate surface area is 105 Å². The number of rotatable bonds is 4. The van der Waals surface area contributed by atoms with E-state index in [0.717, 1.165) is 16.8 Å². The maximum atomic E-state index is 11.5. The molecule has 2 aromatic carbocycles. The number of nitrogens with one attached hydrogen (secondary N) is 1. The normalized spacial score (nSPS) is 10.6. The van der Waals surface area contributed by atoms with E-state index in [1.54, 1.807) is 6.92 Å². The Morgan fingerprint density at radius 3 is 2.56 bits per heavy atom. The summed E-state index contributed by atoms with van der Waals surface area (Å²) < 4.78 is 5.16. The highest BCUT2D eigenvalue weighted by Crippen LogP contribution is 2.26. The summed E-state index contributed by atoms with van der Waals surface area (Å²) in [6.07, 6.45) is 0. The van der Waals surface area contributed by atoms with E-state index in [2.05, 4.69) is 5.32 Å². The third kappa shape index (κ3) is 1.90. The number of ether oxygens (including phenoxy) is 1. The van der Waals surface area contributed by atoms with E-state index in [-0.39, 0.29) is 11.4 Å². The molecule has 4 nitrogen and oxygen atoms in total. The largest absolute Gasteiger partial charge is 0.488 e. The van der Waals surface area contributed by atoms with E-state index < -0.39 is 10.9 Å². The number of aryl methyl sites for hydroxylation is 1.